The third-order valence-corrected chi connectivity index (χ3v) is 4.98. The van der Waals surface area contributed by atoms with E-state index in [0.717, 1.165) is 18.3 Å². The van der Waals surface area contributed by atoms with Crippen LogP contribution >= 0.6 is 0 Å². The monoisotopic (exact) mass is 324 g/mol. The number of aromatic nitrogens is 1. The quantitative estimate of drug-likeness (QED) is 0.923. The summed E-state index contributed by atoms with van der Waals surface area (Å²) in [6.45, 7) is 2.37. The first-order valence-corrected chi connectivity index (χ1v) is 7.76. The molecule has 1 aromatic rings. The molecular formula is C12H15F3N2O3S. The number of halogens is 3. The average Bonchev–Trinajstić information content (AvgIpc) is 2.37. The van der Waals surface area contributed by atoms with Gasteiger partial charge in [0, 0.05) is 24.9 Å². The molecule has 0 atom stereocenters. The van der Waals surface area contributed by atoms with Crippen molar-refractivity contribution in [1.29, 1.82) is 0 Å². The summed E-state index contributed by atoms with van der Waals surface area (Å²) >= 11 is 0. The first-order chi connectivity index (χ1) is 9.64. The summed E-state index contributed by atoms with van der Waals surface area (Å²) in [4.78, 5) is 2.31. The summed E-state index contributed by atoms with van der Waals surface area (Å²) in [5, 5.41) is 0. The largest absolute Gasteiger partial charge is 0.434 e. The van der Waals surface area contributed by atoms with E-state index in [4.69, 9.17) is 4.74 Å². The van der Waals surface area contributed by atoms with E-state index in [1.807, 2.05) is 0 Å². The molecule has 21 heavy (non-hydrogen) atoms. The Kier molecular flexibility index (Phi) is 4.27. The molecule has 1 aromatic heterocycles. The van der Waals surface area contributed by atoms with Gasteiger partial charge >= 0.3 is 6.18 Å². The minimum Gasteiger partial charge on any atom is -0.381 e. The lowest BCUT2D eigenvalue weighted by Gasteiger charge is -2.34. The predicted octanol–water partition coefficient (Wildman–Crippen LogP) is 1.95. The zero-order chi connectivity index (χ0) is 15.7. The third-order valence-electron chi connectivity index (χ3n) is 3.31. The Morgan fingerprint density at radius 1 is 1.33 bits per heavy atom. The van der Waals surface area contributed by atoms with Crippen molar-refractivity contribution in [2.45, 2.75) is 36.4 Å². The minimum atomic E-state index is -4.83. The molecule has 5 nitrogen and oxygen atoms in total. The summed E-state index contributed by atoms with van der Waals surface area (Å²) in [6, 6.07) is 2.07. The lowest BCUT2D eigenvalue weighted by atomic mass is 9.94. The summed E-state index contributed by atoms with van der Waals surface area (Å²) < 4.78 is 70.7. The summed E-state index contributed by atoms with van der Waals surface area (Å²) in [6.07, 6.45) is -3.12. The van der Waals surface area contributed by atoms with Crippen LogP contribution in [0.25, 0.3) is 0 Å². The fourth-order valence-electron chi connectivity index (χ4n) is 2.12. The molecule has 0 unspecified atom stereocenters. The van der Waals surface area contributed by atoms with Crippen molar-refractivity contribution in [2.24, 2.45) is 0 Å². The standard InChI is InChI=1S/C12H15F3N2O3S/c1-11(4-7-20-8-5-11)17-21(18,19)9-3-2-6-16-10(9)12(13,14)15/h2-3,6,17H,4-5,7-8H2,1H3. The second-order valence-corrected chi connectivity index (χ2v) is 6.78. The van der Waals surface area contributed by atoms with E-state index in [2.05, 4.69) is 9.71 Å². The van der Waals surface area contributed by atoms with Crippen LogP contribution in [0.1, 0.15) is 25.5 Å². The molecule has 0 bridgehead atoms. The summed E-state index contributed by atoms with van der Waals surface area (Å²) in [5.41, 5.74) is -2.23. The van der Waals surface area contributed by atoms with Gasteiger partial charge in [0.25, 0.3) is 0 Å². The fraction of sp³-hybridized carbons (Fsp3) is 0.583. The Morgan fingerprint density at radius 3 is 2.52 bits per heavy atom. The highest BCUT2D eigenvalue weighted by molar-refractivity contribution is 7.89. The third kappa shape index (κ3) is 3.72. The van der Waals surface area contributed by atoms with Crippen LogP contribution in [0.15, 0.2) is 23.2 Å². The van der Waals surface area contributed by atoms with E-state index < -0.39 is 32.3 Å². The van der Waals surface area contributed by atoms with Crippen LogP contribution in [0.4, 0.5) is 13.2 Å². The van der Waals surface area contributed by atoms with Gasteiger partial charge in [0.15, 0.2) is 5.69 Å². The van der Waals surface area contributed by atoms with E-state index in [9.17, 15) is 21.6 Å². The Labute approximate surface area is 120 Å². The molecule has 0 amide bonds. The van der Waals surface area contributed by atoms with E-state index in [1.54, 1.807) is 6.92 Å². The van der Waals surface area contributed by atoms with Crippen LogP contribution in [-0.4, -0.2) is 32.2 Å². The molecular weight excluding hydrogens is 309 g/mol. The van der Waals surface area contributed by atoms with Gasteiger partial charge in [-0.05, 0) is 31.9 Å². The van der Waals surface area contributed by atoms with Crippen LogP contribution in [0.5, 0.6) is 0 Å². The minimum absolute atomic E-state index is 0.359. The van der Waals surface area contributed by atoms with Crippen LogP contribution in [0.3, 0.4) is 0 Å². The molecule has 1 aliphatic heterocycles. The maximum atomic E-state index is 12.9. The van der Waals surface area contributed by atoms with Gasteiger partial charge in [0.2, 0.25) is 10.0 Å². The van der Waals surface area contributed by atoms with Crippen molar-refractivity contribution in [3.05, 3.63) is 24.0 Å². The zero-order valence-corrected chi connectivity index (χ0v) is 12.1. The number of ether oxygens (including phenoxy) is 1. The molecule has 2 heterocycles. The zero-order valence-electron chi connectivity index (χ0n) is 11.3. The second-order valence-electron chi connectivity index (χ2n) is 5.13. The smallest absolute Gasteiger partial charge is 0.381 e. The Hall–Kier alpha value is -1.19. The molecule has 0 saturated carbocycles. The van der Waals surface area contributed by atoms with E-state index in [-0.39, 0.29) is 0 Å². The molecule has 1 saturated heterocycles. The van der Waals surface area contributed by atoms with E-state index >= 15 is 0 Å². The number of hydrogen-bond acceptors (Lipinski definition) is 4. The molecule has 0 spiro atoms. The molecule has 1 aliphatic rings. The second kappa shape index (κ2) is 5.54. The molecule has 1 fully saturated rings. The maximum absolute atomic E-state index is 12.9. The SMILES string of the molecule is CC1(NS(=O)(=O)c2cccnc2C(F)(F)F)CCOCC1. The van der Waals surface area contributed by atoms with Gasteiger partial charge < -0.3 is 4.74 Å². The number of pyridine rings is 1. The normalized spacial score (nSPS) is 19.4. The molecule has 0 aliphatic carbocycles. The summed E-state index contributed by atoms with van der Waals surface area (Å²) in [5.74, 6) is 0. The van der Waals surface area contributed by atoms with Gasteiger partial charge in [0.1, 0.15) is 4.90 Å². The van der Waals surface area contributed by atoms with Crippen molar-refractivity contribution >= 4 is 10.0 Å². The molecule has 0 aromatic carbocycles. The maximum Gasteiger partial charge on any atom is 0.434 e. The van der Waals surface area contributed by atoms with Crippen molar-refractivity contribution in [3.8, 4) is 0 Å². The topological polar surface area (TPSA) is 68.3 Å². The number of nitrogens with one attached hydrogen (secondary N) is 1. The van der Waals surface area contributed by atoms with Gasteiger partial charge in [-0.15, -0.1) is 0 Å². The van der Waals surface area contributed by atoms with Crippen LogP contribution in [0.2, 0.25) is 0 Å². The number of rotatable bonds is 3. The fourth-order valence-corrected chi connectivity index (χ4v) is 3.77. The van der Waals surface area contributed by atoms with Gasteiger partial charge in [-0.2, -0.15) is 13.2 Å². The number of hydrogen-bond donors (Lipinski definition) is 1. The van der Waals surface area contributed by atoms with Crippen molar-refractivity contribution in [2.75, 3.05) is 13.2 Å². The Balaban J connectivity index is 2.36. The van der Waals surface area contributed by atoms with Gasteiger partial charge in [-0.3, -0.25) is 4.98 Å². The average molecular weight is 324 g/mol. The molecule has 9 heteroatoms. The van der Waals surface area contributed by atoms with Crippen LogP contribution < -0.4 is 4.72 Å². The van der Waals surface area contributed by atoms with Crippen molar-refractivity contribution < 1.29 is 26.3 Å². The first-order valence-electron chi connectivity index (χ1n) is 6.28. The lowest BCUT2D eigenvalue weighted by Crippen LogP contribution is -2.49. The van der Waals surface area contributed by atoms with Gasteiger partial charge in [-0.25, -0.2) is 13.1 Å². The Bertz CT molecular complexity index is 610. The highest BCUT2D eigenvalue weighted by Gasteiger charge is 2.41. The number of alkyl halides is 3. The van der Waals surface area contributed by atoms with Gasteiger partial charge in [0.05, 0.1) is 0 Å². The highest BCUT2D eigenvalue weighted by Crippen LogP contribution is 2.33. The van der Waals surface area contributed by atoms with E-state index in [1.165, 1.54) is 0 Å². The lowest BCUT2D eigenvalue weighted by molar-refractivity contribution is -0.143. The molecule has 2 rings (SSSR count). The molecule has 0 radical (unpaired) electrons. The van der Waals surface area contributed by atoms with E-state index in [0.29, 0.717) is 26.1 Å². The van der Waals surface area contributed by atoms with Crippen LogP contribution in [0, 0.1) is 0 Å². The van der Waals surface area contributed by atoms with Crippen molar-refractivity contribution in [1.82, 2.24) is 9.71 Å². The number of nitrogens with zero attached hydrogens (tertiary/aromatic N) is 1. The summed E-state index contributed by atoms with van der Waals surface area (Å²) in [7, 11) is -4.32. The molecule has 118 valence electrons. The van der Waals surface area contributed by atoms with Crippen molar-refractivity contribution in [3.63, 3.8) is 0 Å². The first kappa shape index (κ1) is 16.2. The van der Waals surface area contributed by atoms with Crippen LogP contribution in [-0.2, 0) is 20.9 Å². The molecule has 1 N–H and O–H groups in total. The van der Waals surface area contributed by atoms with Gasteiger partial charge in [-0.1, -0.05) is 0 Å². The predicted molar refractivity (Wildman–Crippen MR) is 68.0 cm³/mol. The Morgan fingerprint density at radius 2 is 1.95 bits per heavy atom. The highest BCUT2D eigenvalue weighted by atomic mass is 32.2. The number of sulfonamides is 1.